The van der Waals surface area contributed by atoms with Gasteiger partial charge in [-0.1, -0.05) is 16.6 Å². The van der Waals surface area contributed by atoms with Gasteiger partial charge in [0.25, 0.3) is 0 Å². The molecule has 0 aliphatic carbocycles. The molecular formula is C12H14N2O2S. The van der Waals surface area contributed by atoms with Crippen LogP contribution < -0.4 is 4.74 Å². The average Bonchev–Trinajstić information content (AvgIpc) is 2.76. The van der Waals surface area contributed by atoms with Crippen LogP contribution in [0.3, 0.4) is 0 Å². The van der Waals surface area contributed by atoms with Crippen LogP contribution >= 0.6 is 11.5 Å². The summed E-state index contributed by atoms with van der Waals surface area (Å²) in [5.74, 6) is 0.800. The maximum absolute atomic E-state index is 10.1. The van der Waals surface area contributed by atoms with Crippen LogP contribution in [0.5, 0.6) is 5.75 Å². The standard InChI is InChI=1S/C12H14N2O2S/c1-8-12(17-14-13-8)11(15)7-9-4-3-5-10(6-9)16-2/h3-6,11,15H,7H2,1-2H3. The number of aliphatic hydroxyl groups excluding tert-OH is 1. The summed E-state index contributed by atoms with van der Waals surface area (Å²) in [4.78, 5) is 0.827. The first-order valence-electron chi connectivity index (χ1n) is 5.30. The maximum Gasteiger partial charge on any atom is 0.119 e. The third kappa shape index (κ3) is 2.81. The third-order valence-electron chi connectivity index (χ3n) is 2.55. The van der Waals surface area contributed by atoms with Crippen LogP contribution in [-0.2, 0) is 6.42 Å². The molecular weight excluding hydrogens is 236 g/mol. The monoisotopic (exact) mass is 250 g/mol. The Bertz CT molecular complexity index is 499. The lowest BCUT2D eigenvalue weighted by atomic mass is 10.1. The SMILES string of the molecule is COc1cccc(CC(O)c2snnc2C)c1. The summed E-state index contributed by atoms with van der Waals surface area (Å²) in [5, 5.41) is 14.0. The summed E-state index contributed by atoms with van der Waals surface area (Å²) in [6.45, 7) is 1.85. The van der Waals surface area contributed by atoms with Gasteiger partial charge in [-0.2, -0.15) is 0 Å². The van der Waals surface area contributed by atoms with Crippen molar-refractivity contribution in [3.8, 4) is 5.75 Å². The Morgan fingerprint density at radius 1 is 1.47 bits per heavy atom. The van der Waals surface area contributed by atoms with Crippen molar-refractivity contribution in [1.29, 1.82) is 0 Å². The van der Waals surface area contributed by atoms with Gasteiger partial charge in [0.2, 0.25) is 0 Å². The van der Waals surface area contributed by atoms with Gasteiger partial charge in [0.1, 0.15) is 5.75 Å². The van der Waals surface area contributed by atoms with Gasteiger partial charge in [0.15, 0.2) is 0 Å². The van der Waals surface area contributed by atoms with Gasteiger partial charge in [-0.3, -0.25) is 0 Å². The number of aromatic nitrogens is 2. The van der Waals surface area contributed by atoms with Crippen molar-refractivity contribution in [3.05, 3.63) is 40.4 Å². The number of methoxy groups -OCH3 is 1. The number of hydrogen-bond acceptors (Lipinski definition) is 5. The van der Waals surface area contributed by atoms with E-state index in [4.69, 9.17) is 4.74 Å². The molecule has 1 unspecified atom stereocenters. The quantitative estimate of drug-likeness (QED) is 0.903. The number of aliphatic hydroxyl groups is 1. The number of hydrogen-bond donors (Lipinski definition) is 1. The van der Waals surface area contributed by atoms with E-state index in [-0.39, 0.29) is 0 Å². The molecule has 1 aromatic carbocycles. The fourth-order valence-corrected chi connectivity index (χ4v) is 2.29. The summed E-state index contributed by atoms with van der Waals surface area (Å²) in [6.07, 6.45) is -0.0100. The zero-order chi connectivity index (χ0) is 12.3. The third-order valence-corrected chi connectivity index (χ3v) is 3.48. The van der Waals surface area contributed by atoms with Crippen molar-refractivity contribution in [1.82, 2.24) is 9.59 Å². The van der Waals surface area contributed by atoms with Gasteiger partial charge >= 0.3 is 0 Å². The first-order chi connectivity index (χ1) is 8.20. The topological polar surface area (TPSA) is 55.2 Å². The van der Waals surface area contributed by atoms with E-state index in [9.17, 15) is 5.11 Å². The molecule has 0 saturated heterocycles. The van der Waals surface area contributed by atoms with Crippen LogP contribution in [0.2, 0.25) is 0 Å². The number of ether oxygens (including phenoxy) is 1. The maximum atomic E-state index is 10.1. The van der Waals surface area contributed by atoms with Gasteiger partial charge < -0.3 is 9.84 Å². The summed E-state index contributed by atoms with van der Waals surface area (Å²) in [6, 6.07) is 7.69. The second-order valence-electron chi connectivity index (χ2n) is 3.79. The number of benzene rings is 1. The minimum Gasteiger partial charge on any atom is -0.497 e. The van der Waals surface area contributed by atoms with Gasteiger partial charge in [-0.25, -0.2) is 0 Å². The van der Waals surface area contributed by atoms with Crippen molar-refractivity contribution < 1.29 is 9.84 Å². The van der Waals surface area contributed by atoms with Crippen LogP contribution in [0.25, 0.3) is 0 Å². The minimum atomic E-state index is -0.554. The lowest BCUT2D eigenvalue weighted by Gasteiger charge is -2.09. The van der Waals surface area contributed by atoms with Gasteiger partial charge in [0.05, 0.1) is 23.8 Å². The van der Waals surface area contributed by atoms with E-state index in [0.29, 0.717) is 6.42 Å². The minimum absolute atomic E-state index is 0.544. The van der Waals surface area contributed by atoms with E-state index in [0.717, 1.165) is 21.9 Å². The summed E-state index contributed by atoms with van der Waals surface area (Å²) >= 11 is 1.24. The summed E-state index contributed by atoms with van der Waals surface area (Å²) in [5.41, 5.74) is 1.83. The molecule has 0 saturated carbocycles. The highest BCUT2D eigenvalue weighted by Gasteiger charge is 2.14. The van der Waals surface area contributed by atoms with Crippen LogP contribution in [0.15, 0.2) is 24.3 Å². The molecule has 90 valence electrons. The van der Waals surface area contributed by atoms with Crippen molar-refractivity contribution in [2.24, 2.45) is 0 Å². The Morgan fingerprint density at radius 3 is 2.94 bits per heavy atom. The smallest absolute Gasteiger partial charge is 0.119 e. The van der Waals surface area contributed by atoms with E-state index < -0.39 is 6.10 Å². The highest BCUT2D eigenvalue weighted by molar-refractivity contribution is 7.05. The van der Waals surface area contributed by atoms with Crippen LogP contribution in [0, 0.1) is 6.92 Å². The predicted molar refractivity (Wildman–Crippen MR) is 66.3 cm³/mol. The normalized spacial score (nSPS) is 12.4. The van der Waals surface area contributed by atoms with Crippen molar-refractivity contribution in [2.75, 3.05) is 7.11 Å². The first-order valence-corrected chi connectivity index (χ1v) is 6.08. The lowest BCUT2D eigenvalue weighted by molar-refractivity contribution is 0.181. The lowest BCUT2D eigenvalue weighted by Crippen LogP contribution is -2.01. The molecule has 0 fully saturated rings. The summed E-state index contributed by atoms with van der Waals surface area (Å²) < 4.78 is 8.97. The molecule has 17 heavy (non-hydrogen) atoms. The van der Waals surface area contributed by atoms with Crippen molar-refractivity contribution in [2.45, 2.75) is 19.4 Å². The highest BCUT2D eigenvalue weighted by atomic mass is 32.1. The molecule has 0 bridgehead atoms. The summed E-state index contributed by atoms with van der Waals surface area (Å²) in [7, 11) is 1.63. The molecule has 1 aromatic heterocycles. The largest absolute Gasteiger partial charge is 0.497 e. The van der Waals surface area contributed by atoms with Crippen LogP contribution in [0.1, 0.15) is 22.2 Å². The van der Waals surface area contributed by atoms with E-state index in [1.807, 2.05) is 31.2 Å². The second kappa shape index (κ2) is 5.25. The van der Waals surface area contributed by atoms with E-state index in [2.05, 4.69) is 9.59 Å². The van der Waals surface area contributed by atoms with Crippen LogP contribution in [0.4, 0.5) is 0 Å². The number of aryl methyl sites for hydroxylation is 1. The molecule has 1 heterocycles. The molecule has 5 heteroatoms. The van der Waals surface area contributed by atoms with Crippen molar-refractivity contribution in [3.63, 3.8) is 0 Å². The van der Waals surface area contributed by atoms with E-state index >= 15 is 0 Å². The number of rotatable bonds is 4. The van der Waals surface area contributed by atoms with Gasteiger partial charge in [0, 0.05) is 6.42 Å². The molecule has 2 rings (SSSR count). The second-order valence-corrected chi connectivity index (χ2v) is 4.58. The molecule has 0 spiro atoms. The Morgan fingerprint density at radius 2 is 2.29 bits per heavy atom. The van der Waals surface area contributed by atoms with E-state index in [1.165, 1.54) is 11.5 Å². The molecule has 4 nitrogen and oxygen atoms in total. The van der Waals surface area contributed by atoms with E-state index in [1.54, 1.807) is 7.11 Å². The Labute approximate surface area is 104 Å². The van der Waals surface area contributed by atoms with Crippen LogP contribution in [-0.4, -0.2) is 21.8 Å². The fraction of sp³-hybridized carbons (Fsp3) is 0.333. The zero-order valence-electron chi connectivity index (χ0n) is 9.75. The molecule has 0 radical (unpaired) electrons. The molecule has 2 aromatic rings. The highest BCUT2D eigenvalue weighted by Crippen LogP contribution is 2.24. The Hall–Kier alpha value is -1.46. The molecule has 1 atom stereocenters. The number of nitrogens with zero attached hydrogens (tertiary/aromatic N) is 2. The Balaban J connectivity index is 2.13. The van der Waals surface area contributed by atoms with Gasteiger partial charge in [-0.15, -0.1) is 5.10 Å². The average molecular weight is 250 g/mol. The molecule has 1 N–H and O–H groups in total. The van der Waals surface area contributed by atoms with Gasteiger partial charge in [-0.05, 0) is 36.2 Å². The molecule has 0 amide bonds. The predicted octanol–water partition coefficient (Wildman–Crippen LogP) is 2.13. The molecule has 0 aliphatic heterocycles. The Kier molecular flexibility index (Phi) is 3.71. The van der Waals surface area contributed by atoms with Crippen molar-refractivity contribution >= 4 is 11.5 Å². The zero-order valence-corrected chi connectivity index (χ0v) is 10.6. The first kappa shape index (κ1) is 12.0. The molecule has 0 aliphatic rings. The fourth-order valence-electron chi connectivity index (χ4n) is 1.66.